The number of hydrogen-bond acceptors (Lipinski definition) is 5. The second-order valence-corrected chi connectivity index (χ2v) is 4.60. The molecule has 1 fully saturated rings. The molecule has 5 heteroatoms. The maximum Gasteiger partial charge on any atom is 0.320 e. The van der Waals surface area contributed by atoms with Crippen LogP contribution in [0.1, 0.15) is 33.6 Å². The third-order valence-corrected chi connectivity index (χ3v) is 3.27. The minimum atomic E-state index is -0.195. The van der Waals surface area contributed by atoms with Crippen LogP contribution in [0.5, 0.6) is 0 Å². The summed E-state index contributed by atoms with van der Waals surface area (Å²) in [5, 5.41) is 0. The molecule has 1 aliphatic heterocycles. The normalized spacial score (nSPS) is 24.6. The highest BCUT2D eigenvalue weighted by Gasteiger charge is 2.31. The summed E-state index contributed by atoms with van der Waals surface area (Å²) in [7, 11) is 0. The summed E-state index contributed by atoms with van der Waals surface area (Å²) in [5.41, 5.74) is 0. The van der Waals surface area contributed by atoms with E-state index in [1.54, 1.807) is 6.92 Å². The molecule has 0 N–H and O–H groups in total. The van der Waals surface area contributed by atoms with Crippen LogP contribution in [-0.4, -0.2) is 49.2 Å². The molecule has 1 rings (SSSR count). The summed E-state index contributed by atoms with van der Waals surface area (Å²) in [6.45, 7) is 7.53. The SMILES string of the molecule is CCOC(=O)CN1CCC(C(=O)OCC)CC1C. The molecule has 0 bridgehead atoms. The molecule has 1 aliphatic rings. The summed E-state index contributed by atoms with van der Waals surface area (Å²) in [5.74, 6) is -0.336. The number of hydrogen-bond donors (Lipinski definition) is 0. The predicted octanol–water partition coefficient (Wildman–Crippen LogP) is 1.21. The highest BCUT2D eigenvalue weighted by molar-refractivity contribution is 5.73. The molecular weight excluding hydrogens is 234 g/mol. The highest BCUT2D eigenvalue weighted by Crippen LogP contribution is 2.23. The first-order chi connectivity index (χ1) is 8.58. The van der Waals surface area contributed by atoms with Crippen molar-refractivity contribution >= 4 is 11.9 Å². The van der Waals surface area contributed by atoms with E-state index >= 15 is 0 Å². The lowest BCUT2D eigenvalue weighted by molar-refractivity contribution is -0.151. The Morgan fingerprint density at radius 1 is 1.22 bits per heavy atom. The standard InChI is InChI=1S/C13H23NO4/c1-4-17-12(15)9-14-7-6-11(8-10(14)3)13(16)18-5-2/h10-11H,4-9H2,1-3H3. The lowest BCUT2D eigenvalue weighted by Crippen LogP contribution is -2.45. The molecule has 104 valence electrons. The van der Waals surface area contributed by atoms with Gasteiger partial charge in [-0.15, -0.1) is 0 Å². The molecule has 0 aromatic heterocycles. The Morgan fingerprint density at radius 3 is 2.44 bits per heavy atom. The van der Waals surface area contributed by atoms with Crippen molar-refractivity contribution in [2.75, 3.05) is 26.3 Å². The molecule has 1 saturated heterocycles. The number of likely N-dealkylation sites (tertiary alicyclic amines) is 1. The summed E-state index contributed by atoms with van der Waals surface area (Å²) in [4.78, 5) is 25.1. The van der Waals surface area contributed by atoms with Crippen LogP contribution in [0.2, 0.25) is 0 Å². The molecule has 0 amide bonds. The third-order valence-electron chi connectivity index (χ3n) is 3.27. The minimum absolute atomic E-state index is 0.0293. The van der Waals surface area contributed by atoms with E-state index < -0.39 is 0 Å². The van der Waals surface area contributed by atoms with Crippen molar-refractivity contribution < 1.29 is 19.1 Å². The quantitative estimate of drug-likeness (QED) is 0.693. The Kier molecular flexibility index (Phi) is 6.12. The molecular formula is C13H23NO4. The van der Waals surface area contributed by atoms with E-state index in [9.17, 15) is 9.59 Å². The van der Waals surface area contributed by atoms with Gasteiger partial charge in [0.25, 0.3) is 0 Å². The smallest absolute Gasteiger partial charge is 0.320 e. The zero-order valence-corrected chi connectivity index (χ0v) is 11.5. The average molecular weight is 257 g/mol. The lowest BCUT2D eigenvalue weighted by atomic mass is 9.92. The molecule has 1 heterocycles. The zero-order chi connectivity index (χ0) is 13.5. The third kappa shape index (κ3) is 4.29. The largest absolute Gasteiger partial charge is 0.466 e. The van der Waals surface area contributed by atoms with Gasteiger partial charge in [-0.3, -0.25) is 14.5 Å². The van der Waals surface area contributed by atoms with E-state index in [1.165, 1.54) is 0 Å². The van der Waals surface area contributed by atoms with Crippen LogP contribution in [0.3, 0.4) is 0 Å². The van der Waals surface area contributed by atoms with Gasteiger partial charge >= 0.3 is 11.9 Å². The summed E-state index contributed by atoms with van der Waals surface area (Å²) in [6.07, 6.45) is 1.50. The Bertz CT molecular complexity index is 293. The second kappa shape index (κ2) is 7.36. The number of esters is 2. The maximum atomic E-state index is 11.6. The number of ether oxygens (including phenoxy) is 2. The van der Waals surface area contributed by atoms with Gasteiger partial charge in [0.2, 0.25) is 0 Å². The van der Waals surface area contributed by atoms with Gasteiger partial charge in [0, 0.05) is 6.04 Å². The van der Waals surface area contributed by atoms with Crippen LogP contribution in [0.4, 0.5) is 0 Å². The van der Waals surface area contributed by atoms with Crippen molar-refractivity contribution in [2.24, 2.45) is 5.92 Å². The number of rotatable bonds is 5. The summed E-state index contributed by atoms with van der Waals surface area (Å²) in [6, 6.07) is 0.206. The zero-order valence-electron chi connectivity index (χ0n) is 11.5. The maximum absolute atomic E-state index is 11.6. The van der Waals surface area contributed by atoms with Crippen molar-refractivity contribution in [3.63, 3.8) is 0 Å². The van der Waals surface area contributed by atoms with Gasteiger partial charge in [0.05, 0.1) is 25.7 Å². The second-order valence-electron chi connectivity index (χ2n) is 4.60. The first kappa shape index (κ1) is 15.0. The van der Waals surface area contributed by atoms with Gasteiger partial charge in [-0.1, -0.05) is 0 Å². The van der Waals surface area contributed by atoms with Crippen molar-refractivity contribution in [1.29, 1.82) is 0 Å². The van der Waals surface area contributed by atoms with Crippen LogP contribution in [0.15, 0.2) is 0 Å². The lowest BCUT2D eigenvalue weighted by Gasteiger charge is -2.35. The number of carbonyl (C=O) groups excluding carboxylic acids is 2. The Hall–Kier alpha value is -1.10. The van der Waals surface area contributed by atoms with E-state index in [0.29, 0.717) is 19.8 Å². The number of piperidine rings is 1. The van der Waals surface area contributed by atoms with E-state index in [1.807, 2.05) is 13.8 Å². The molecule has 0 spiro atoms. The molecule has 2 unspecified atom stereocenters. The van der Waals surface area contributed by atoms with Crippen LogP contribution >= 0.6 is 0 Å². The topological polar surface area (TPSA) is 55.8 Å². The first-order valence-electron chi connectivity index (χ1n) is 6.64. The van der Waals surface area contributed by atoms with Gasteiger partial charge < -0.3 is 9.47 Å². The van der Waals surface area contributed by atoms with Gasteiger partial charge in [-0.25, -0.2) is 0 Å². The fraction of sp³-hybridized carbons (Fsp3) is 0.846. The summed E-state index contributed by atoms with van der Waals surface area (Å²) >= 11 is 0. The number of nitrogens with zero attached hydrogens (tertiary/aromatic N) is 1. The predicted molar refractivity (Wildman–Crippen MR) is 67.0 cm³/mol. The van der Waals surface area contributed by atoms with E-state index in [0.717, 1.165) is 19.4 Å². The molecule has 0 saturated carbocycles. The van der Waals surface area contributed by atoms with Gasteiger partial charge in [0.15, 0.2) is 0 Å². The Balaban J connectivity index is 2.41. The van der Waals surface area contributed by atoms with E-state index in [2.05, 4.69) is 4.90 Å². The van der Waals surface area contributed by atoms with Crippen LogP contribution < -0.4 is 0 Å². The minimum Gasteiger partial charge on any atom is -0.466 e. The molecule has 2 atom stereocenters. The van der Waals surface area contributed by atoms with Crippen LogP contribution in [0.25, 0.3) is 0 Å². The van der Waals surface area contributed by atoms with Crippen molar-refractivity contribution in [3.8, 4) is 0 Å². The molecule has 0 aliphatic carbocycles. The monoisotopic (exact) mass is 257 g/mol. The van der Waals surface area contributed by atoms with Gasteiger partial charge in [-0.2, -0.15) is 0 Å². The Morgan fingerprint density at radius 2 is 1.89 bits per heavy atom. The molecule has 5 nitrogen and oxygen atoms in total. The van der Waals surface area contributed by atoms with Crippen molar-refractivity contribution in [3.05, 3.63) is 0 Å². The van der Waals surface area contributed by atoms with Crippen molar-refractivity contribution in [2.45, 2.75) is 39.7 Å². The fourth-order valence-corrected chi connectivity index (χ4v) is 2.30. The average Bonchev–Trinajstić information content (AvgIpc) is 2.32. The van der Waals surface area contributed by atoms with Gasteiger partial charge in [0.1, 0.15) is 0 Å². The highest BCUT2D eigenvalue weighted by atomic mass is 16.5. The fourth-order valence-electron chi connectivity index (χ4n) is 2.30. The number of carbonyl (C=O) groups is 2. The summed E-state index contributed by atoms with van der Waals surface area (Å²) < 4.78 is 9.97. The first-order valence-corrected chi connectivity index (χ1v) is 6.64. The van der Waals surface area contributed by atoms with Crippen molar-refractivity contribution in [1.82, 2.24) is 4.90 Å². The van der Waals surface area contributed by atoms with Crippen LogP contribution in [-0.2, 0) is 19.1 Å². The van der Waals surface area contributed by atoms with Crippen LogP contribution in [0, 0.1) is 5.92 Å². The molecule has 18 heavy (non-hydrogen) atoms. The van der Waals surface area contributed by atoms with Gasteiger partial charge in [-0.05, 0) is 40.2 Å². The van der Waals surface area contributed by atoms with E-state index in [4.69, 9.17) is 9.47 Å². The van der Waals surface area contributed by atoms with E-state index in [-0.39, 0.29) is 23.9 Å². The Labute approximate surface area is 108 Å². The molecule has 0 aromatic rings. The molecule has 0 aromatic carbocycles. The molecule has 0 radical (unpaired) electrons.